The zero-order chi connectivity index (χ0) is 18.3. The fraction of sp³-hybridized carbons (Fsp3) is 0.727. The summed E-state index contributed by atoms with van der Waals surface area (Å²) in [5.74, 6) is 2.15. The first-order chi connectivity index (χ1) is 12.3. The van der Waals surface area contributed by atoms with Crippen molar-refractivity contribution >= 4 is 18.7 Å². The van der Waals surface area contributed by atoms with Crippen LogP contribution in [0.5, 0.6) is 0 Å². The molecule has 140 valence electrons. The lowest BCUT2D eigenvalue weighted by Crippen LogP contribution is -2.52. The summed E-state index contributed by atoms with van der Waals surface area (Å²) in [5.41, 5.74) is 1.62. The van der Waals surface area contributed by atoms with Crippen LogP contribution in [0, 0.1) is 28.6 Å². The second kappa shape index (κ2) is 5.52. The van der Waals surface area contributed by atoms with Gasteiger partial charge in [0.2, 0.25) is 0 Å². The highest BCUT2D eigenvalue weighted by molar-refractivity contribution is 6.59. The molecule has 1 saturated heterocycles. The van der Waals surface area contributed by atoms with E-state index < -0.39 is 0 Å². The molecule has 4 fully saturated rings. The molecule has 0 radical (unpaired) electrons. The van der Waals surface area contributed by atoms with Crippen LogP contribution in [0.1, 0.15) is 64.2 Å². The molecule has 4 aliphatic rings. The summed E-state index contributed by atoms with van der Waals surface area (Å²) in [6.45, 7) is 9.75. The van der Waals surface area contributed by atoms with Gasteiger partial charge in [-0.1, -0.05) is 51.1 Å². The molecule has 1 heterocycles. The molecule has 0 unspecified atom stereocenters. The molecule has 3 aliphatic carbocycles. The maximum atomic E-state index is 6.80. The lowest BCUT2D eigenvalue weighted by Gasteiger charge is -2.48. The van der Waals surface area contributed by atoms with Crippen molar-refractivity contribution in [1.82, 2.24) is 0 Å². The lowest BCUT2D eigenvalue weighted by atomic mass is 9.63. The first-order valence-corrected chi connectivity index (χ1v) is 10.7. The van der Waals surface area contributed by atoms with Crippen LogP contribution < -0.4 is 0 Å². The maximum absolute atomic E-state index is 6.80. The van der Waals surface area contributed by atoms with Crippen molar-refractivity contribution in [2.45, 2.75) is 70.4 Å². The van der Waals surface area contributed by atoms with Crippen LogP contribution >= 0.6 is 11.6 Å². The van der Waals surface area contributed by atoms with E-state index in [0.29, 0.717) is 16.7 Å². The third-order valence-corrected chi connectivity index (χ3v) is 9.32. The van der Waals surface area contributed by atoms with Crippen LogP contribution in [0.25, 0.3) is 0 Å². The fourth-order valence-electron chi connectivity index (χ4n) is 7.52. The molecule has 0 aromatic heterocycles. The molecule has 1 aliphatic heterocycles. The summed E-state index contributed by atoms with van der Waals surface area (Å²) in [6.07, 6.45) is 5.36. The molecule has 5 rings (SSSR count). The molecule has 2 bridgehead atoms. The van der Waals surface area contributed by atoms with Crippen molar-refractivity contribution < 1.29 is 9.31 Å². The molecule has 4 heteroatoms. The van der Waals surface area contributed by atoms with E-state index in [0.717, 1.165) is 23.8 Å². The Morgan fingerprint density at radius 1 is 1.08 bits per heavy atom. The fourth-order valence-corrected chi connectivity index (χ4v) is 7.78. The number of halogens is 1. The van der Waals surface area contributed by atoms with Gasteiger partial charge in [-0.15, -0.1) is 11.6 Å². The molecule has 1 spiro atoms. The first-order valence-electron chi connectivity index (χ1n) is 10.3. The Balaban J connectivity index is 1.48. The highest BCUT2D eigenvalue weighted by Gasteiger charge is 2.73. The van der Waals surface area contributed by atoms with E-state index in [1.54, 1.807) is 0 Å². The molecule has 3 saturated carbocycles. The molecule has 1 aromatic carbocycles. The predicted octanol–water partition coefficient (Wildman–Crippen LogP) is 5.65. The van der Waals surface area contributed by atoms with E-state index in [1.165, 1.54) is 19.3 Å². The van der Waals surface area contributed by atoms with Gasteiger partial charge in [0.1, 0.15) is 0 Å². The zero-order valence-corrected chi connectivity index (χ0v) is 17.1. The normalized spacial score (nSPS) is 46.9. The number of hydrogen-bond acceptors (Lipinski definition) is 2. The number of fused-ring (bicyclic) bond motifs is 3. The van der Waals surface area contributed by atoms with E-state index in [4.69, 9.17) is 20.9 Å². The van der Waals surface area contributed by atoms with Crippen LogP contribution in [-0.2, 0) is 9.31 Å². The van der Waals surface area contributed by atoms with Gasteiger partial charge in [-0.25, -0.2) is 0 Å². The lowest BCUT2D eigenvalue weighted by molar-refractivity contribution is -0.0768. The van der Waals surface area contributed by atoms with Gasteiger partial charge in [-0.05, 0) is 66.8 Å². The average Bonchev–Trinajstić information content (AvgIpc) is 3.19. The maximum Gasteiger partial charge on any atom is 0.481 e. The minimum Gasteiger partial charge on any atom is -0.404 e. The van der Waals surface area contributed by atoms with E-state index >= 15 is 0 Å². The summed E-state index contributed by atoms with van der Waals surface area (Å²) in [7, 11) is -0.351. The minimum atomic E-state index is -0.351. The van der Waals surface area contributed by atoms with Crippen LogP contribution in [0.2, 0.25) is 0 Å². The van der Waals surface area contributed by atoms with Gasteiger partial charge >= 0.3 is 7.12 Å². The van der Waals surface area contributed by atoms with E-state index in [-0.39, 0.29) is 24.1 Å². The molecule has 0 N–H and O–H groups in total. The minimum absolute atomic E-state index is 0.168. The average molecular weight is 373 g/mol. The van der Waals surface area contributed by atoms with Crippen molar-refractivity contribution in [1.29, 1.82) is 0 Å². The van der Waals surface area contributed by atoms with Gasteiger partial charge in [0, 0.05) is 0 Å². The van der Waals surface area contributed by atoms with Crippen molar-refractivity contribution in [3.63, 3.8) is 0 Å². The summed E-state index contributed by atoms with van der Waals surface area (Å²) in [5, 5.41) is -0.255. The summed E-state index contributed by atoms with van der Waals surface area (Å²) in [4.78, 5) is 0. The SMILES string of the molecule is C[C@@H]1CC[C@H]2C(C)(C)[C@H]3C[C@@]12C[C@@H]1OB([C@@H](Cl)c2ccccc2)O[C@@]13C. The standard InChI is InChI=1S/C22H30BClO2/c1-14-10-11-16-20(2,3)17-12-22(14,16)13-18-21(17,4)26-23(25-18)19(24)15-8-6-5-7-9-15/h5-9,14,16-19H,10-13H2,1-4H3/t14-,16+,17-,18+,19+,21-,22-/m1/s1. The van der Waals surface area contributed by atoms with Gasteiger partial charge in [0.15, 0.2) is 0 Å². The van der Waals surface area contributed by atoms with Crippen molar-refractivity contribution in [3.8, 4) is 0 Å². The molecular weight excluding hydrogens is 343 g/mol. The van der Waals surface area contributed by atoms with Gasteiger partial charge in [-0.2, -0.15) is 0 Å². The number of alkyl halides is 1. The van der Waals surface area contributed by atoms with E-state index in [1.807, 2.05) is 18.2 Å². The van der Waals surface area contributed by atoms with Crippen molar-refractivity contribution in [3.05, 3.63) is 35.9 Å². The Morgan fingerprint density at radius 2 is 1.81 bits per heavy atom. The van der Waals surface area contributed by atoms with Crippen LogP contribution in [0.4, 0.5) is 0 Å². The molecule has 1 aromatic rings. The molecule has 7 atom stereocenters. The Labute approximate surface area is 163 Å². The Morgan fingerprint density at radius 3 is 2.54 bits per heavy atom. The summed E-state index contributed by atoms with van der Waals surface area (Å²) >= 11 is 6.80. The van der Waals surface area contributed by atoms with Gasteiger partial charge in [0.05, 0.1) is 17.0 Å². The highest BCUT2D eigenvalue weighted by atomic mass is 35.5. The van der Waals surface area contributed by atoms with Crippen molar-refractivity contribution in [2.75, 3.05) is 0 Å². The quantitative estimate of drug-likeness (QED) is 0.493. The topological polar surface area (TPSA) is 18.5 Å². The Hall–Kier alpha value is -0.505. The number of benzene rings is 1. The Kier molecular flexibility index (Phi) is 3.73. The molecule has 0 amide bonds. The monoisotopic (exact) mass is 372 g/mol. The number of rotatable bonds is 2. The second-order valence-electron chi connectivity index (χ2n) is 10.2. The molecular formula is C22H30BClO2. The third-order valence-electron chi connectivity index (χ3n) is 8.87. The van der Waals surface area contributed by atoms with Gasteiger partial charge < -0.3 is 9.31 Å². The molecule has 2 nitrogen and oxygen atoms in total. The smallest absolute Gasteiger partial charge is 0.404 e. The predicted molar refractivity (Wildman–Crippen MR) is 106 cm³/mol. The molecule has 26 heavy (non-hydrogen) atoms. The third kappa shape index (κ3) is 2.09. The van der Waals surface area contributed by atoms with Crippen LogP contribution in [-0.4, -0.2) is 18.8 Å². The Bertz CT molecular complexity index is 709. The van der Waals surface area contributed by atoms with Crippen LogP contribution in [0.15, 0.2) is 30.3 Å². The highest BCUT2D eigenvalue weighted by Crippen LogP contribution is 2.74. The summed E-state index contributed by atoms with van der Waals surface area (Å²) < 4.78 is 13.2. The van der Waals surface area contributed by atoms with E-state index in [9.17, 15) is 0 Å². The van der Waals surface area contributed by atoms with E-state index in [2.05, 4.69) is 39.8 Å². The van der Waals surface area contributed by atoms with Gasteiger partial charge in [-0.3, -0.25) is 0 Å². The zero-order valence-electron chi connectivity index (χ0n) is 16.4. The number of hydrogen-bond donors (Lipinski definition) is 0. The first kappa shape index (κ1) is 17.6. The van der Waals surface area contributed by atoms with Crippen molar-refractivity contribution in [2.24, 2.45) is 28.6 Å². The second-order valence-corrected chi connectivity index (χ2v) is 10.6. The largest absolute Gasteiger partial charge is 0.481 e. The summed E-state index contributed by atoms with van der Waals surface area (Å²) in [6, 6.07) is 10.2. The van der Waals surface area contributed by atoms with Gasteiger partial charge in [0.25, 0.3) is 0 Å². The van der Waals surface area contributed by atoms with Crippen LogP contribution in [0.3, 0.4) is 0 Å².